The van der Waals surface area contributed by atoms with Crippen molar-refractivity contribution in [1.29, 1.82) is 0 Å². The van der Waals surface area contributed by atoms with E-state index in [4.69, 9.17) is 17.0 Å². The van der Waals surface area contributed by atoms with Gasteiger partial charge in [-0.1, -0.05) is 54.8 Å². The number of thioether (sulfide) groups is 1. The van der Waals surface area contributed by atoms with Crippen molar-refractivity contribution in [2.45, 2.75) is 61.1 Å². The Morgan fingerprint density at radius 1 is 1.18 bits per heavy atom. The normalized spacial score (nSPS) is 18.2. The van der Waals surface area contributed by atoms with E-state index in [0.717, 1.165) is 30.0 Å². The van der Waals surface area contributed by atoms with Gasteiger partial charge in [0.15, 0.2) is 6.40 Å². The van der Waals surface area contributed by atoms with Gasteiger partial charge in [-0.25, -0.2) is 0 Å². The second kappa shape index (κ2) is 9.68. The van der Waals surface area contributed by atoms with Gasteiger partial charge in [0.1, 0.15) is 10.1 Å². The molecule has 0 aliphatic carbocycles. The molecule has 1 saturated heterocycles. The molecular weight excluding hydrogens is 470 g/mol. The Hall–Kier alpha value is -2.03. The Bertz CT molecular complexity index is 1110. The summed E-state index contributed by atoms with van der Waals surface area (Å²) >= 11 is 8.56. The second-order valence-electron chi connectivity index (χ2n) is 9.15. The summed E-state index contributed by atoms with van der Waals surface area (Å²) in [4.78, 5) is 23.5. The third-order valence-corrected chi connectivity index (χ3v) is 8.21. The SMILES string of the molecule is CCCN1c2ccccc2Sc2cc(CC3SC(=S)N(C)C3=O)c(OC=NC(C)(C)C)cc21. The fraction of sp³-hybridized carbons (Fsp3) is 0.400. The first-order chi connectivity index (χ1) is 15.7. The van der Waals surface area contributed by atoms with Crippen molar-refractivity contribution < 1.29 is 9.53 Å². The van der Waals surface area contributed by atoms with Crippen molar-refractivity contribution in [3.8, 4) is 5.75 Å². The molecular formula is C25H29N3O2S3. The van der Waals surface area contributed by atoms with E-state index in [1.165, 1.54) is 33.6 Å². The molecule has 8 heteroatoms. The van der Waals surface area contributed by atoms with Crippen LogP contribution in [0.1, 0.15) is 39.7 Å². The first-order valence-corrected chi connectivity index (χ1v) is 13.2. The number of ether oxygens (including phenoxy) is 1. The number of aliphatic imine (C=N–C) groups is 1. The van der Waals surface area contributed by atoms with Crippen molar-refractivity contribution in [3.05, 3.63) is 42.0 Å². The molecule has 4 rings (SSSR count). The zero-order valence-electron chi connectivity index (χ0n) is 19.6. The lowest BCUT2D eigenvalue weighted by Crippen LogP contribution is -2.28. The summed E-state index contributed by atoms with van der Waals surface area (Å²) in [5, 5.41) is -0.241. The summed E-state index contributed by atoms with van der Waals surface area (Å²) in [7, 11) is 1.74. The van der Waals surface area contributed by atoms with Crippen LogP contribution in [-0.2, 0) is 11.2 Å². The number of para-hydroxylation sites is 1. The lowest BCUT2D eigenvalue weighted by molar-refractivity contribution is -0.125. The molecule has 2 heterocycles. The van der Waals surface area contributed by atoms with Gasteiger partial charge in [-0.2, -0.15) is 0 Å². The maximum atomic E-state index is 12.7. The molecule has 1 amide bonds. The minimum Gasteiger partial charge on any atom is -0.446 e. The zero-order chi connectivity index (χ0) is 23.8. The summed E-state index contributed by atoms with van der Waals surface area (Å²) in [5.74, 6) is 0.777. The van der Waals surface area contributed by atoms with Crippen molar-refractivity contribution in [1.82, 2.24) is 4.90 Å². The highest BCUT2D eigenvalue weighted by Gasteiger charge is 2.35. The molecule has 0 radical (unpaired) electrons. The van der Waals surface area contributed by atoms with Crippen LogP contribution in [0.2, 0.25) is 0 Å². The standard InChI is InChI=1S/C25H29N3O2S3/c1-6-11-28-17-9-7-8-10-20(17)32-21-12-16(13-22-23(29)27(5)24(31)33-22)19(14-18(21)28)30-15-26-25(2,3)4/h7-10,12,14-15,22H,6,11,13H2,1-5H3. The topological polar surface area (TPSA) is 45.1 Å². The van der Waals surface area contributed by atoms with Gasteiger partial charge in [0.25, 0.3) is 0 Å². The van der Waals surface area contributed by atoms with E-state index in [1.807, 2.05) is 20.8 Å². The molecule has 2 aliphatic heterocycles. The number of hydrogen-bond donors (Lipinski definition) is 0. The average Bonchev–Trinajstić information content (AvgIpc) is 3.00. The number of carbonyl (C=O) groups is 1. The van der Waals surface area contributed by atoms with Crippen LogP contribution in [0.5, 0.6) is 5.75 Å². The predicted octanol–water partition coefficient (Wildman–Crippen LogP) is 6.31. The highest BCUT2D eigenvalue weighted by molar-refractivity contribution is 8.24. The number of anilines is 2. The van der Waals surface area contributed by atoms with Crippen LogP contribution in [0.25, 0.3) is 0 Å². The molecule has 2 aromatic carbocycles. The minimum atomic E-state index is -0.241. The third-order valence-electron chi connectivity index (χ3n) is 5.40. The number of rotatable bonds is 6. The number of benzene rings is 2. The van der Waals surface area contributed by atoms with Gasteiger partial charge in [-0.3, -0.25) is 14.7 Å². The molecule has 1 unspecified atom stereocenters. The molecule has 0 N–H and O–H groups in total. The molecule has 0 bridgehead atoms. The number of fused-ring (bicyclic) bond motifs is 2. The smallest absolute Gasteiger partial charge is 0.241 e. The molecule has 1 fully saturated rings. The number of thiocarbonyl (C=S) groups is 1. The Balaban J connectivity index is 1.75. The van der Waals surface area contributed by atoms with Crippen LogP contribution >= 0.6 is 35.7 Å². The number of amides is 1. The number of nitrogens with zero attached hydrogens (tertiary/aromatic N) is 3. The lowest BCUT2D eigenvalue weighted by Gasteiger charge is -2.33. The average molecular weight is 500 g/mol. The van der Waals surface area contributed by atoms with E-state index in [9.17, 15) is 4.79 Å². The van der Waals surface area contributed by atoms with Crippen molar-refractivity contribution in [2.75, 3.05) is 18.5 Å². The van der Waals surface area contributed by atoms with Crippen LogP contribution in [0.4, 0.5) is 11.4 Å². The zero-order valence-corrected chi connectivity index (χ0v) is 22.1. The van der Waals surface area contributed by atoms with Crippen LogP contribution in [-0.4, -0.2) is 45.9 Å². The second-order valence-corrected chi connectivity index (χ2v) is 12.1. The van der Waals surface area contributed by atoms with Gasteiger partial charge in [0, 0.05) is 29.4 Å². The van der Waals surface area contributed by atoms with Crippen LogP contribution in [0.3, 0.4) is 0 Å². The molecule has 0 saturated carbocycles. The lowest BCUT2D eigenvalue weighted by atomic mass is 10.1. The van der Waals surface area contributed by atoms with Crippen molar-refractivity contribution in [3.63, 3.8) is 0 Å². The summed E-state index contributed by atoms with van der Waals surface area (Å²) in [6, 6.07) is 12.8. The van der Waals surface area contributed by atoms with Crippen molar-refractivity contribution in [2.24, 2.45) is 4.99 Å². The number of carbonyl (C=O) groups excluding carboxylic acids is 1. The molecule has 0 spiro atoms. The van der Waals surface area contributed by atoms with Gasteiger partial charge >= 0.3 is 0 Å². The van der Waals surface area contributed by atoms with Gasteiger partial charge in [-0.05, 0) is 57.4 Å². The Labute approximate surface area is 210 Å². The Morgan fingerprint density at radius 3 is 2.61 bits per heavy atom. The number of hydrogen-bond acceptors (Lipinski definition) is 7. The Kier molecular flexibility index (Phi) is 7.07. The monoisotopic (exact) mass is 499 g/mol. The fourth-order valence-corrected chi connectivity index (χ4v) is 6.35. The largest absolute Gasteiger partial charge is 0.446 e. The van der Waals surface area contributed by atoms with Crippen LogP contribution in [0, 0.1) is 0 Å². The van der Waals surface area contributed by atoms with E-state index in [0.29, 0.717) is 10.7 Å². The summed E-state index contributed by atoms with van der Waals surface area (Å²) < 4.78 is 6.72. The first kappa shape index (κ1) is 24.1. The summed E-state index contributed by atoms with van der Waals surface area (Å²) in [6.07, 6.45) is 3.11. The van der Waals surface area contributed by atoms with E-state index in [-0.39, 0.29) is 16.7 Å². The van der Waals surface area contributed by atoms with Crippen LogP contribution < -0.4 is 9.64 Å². The van der Waals surface area contributed by atoms with E-state index >= 15 is 0 Å². The maximum absolute atomic E-state index is 12.7. The van der Waals surface area contributed by atoms with Crippen LogP contribution in [0.15, 0.2) is 51.2 Å². The Morgan fingerprint density at radius 2 is 1.94 bits per heavy atom. The van der Waals surface area contributed by atoms with Gasteiger partial charge < -0.3 is 9.64 Å². The molecule has 1 atom stereocenters. The van der Waals surface area contributed by atoms with E-state index in [2.05, 4.69) is 53.2 Å². The van der Waals surface area contributed by atoms with Crippen molar-refractivity contribution >= 4 is 63.7 Å². The predicted molar refractivity (Wildman–Crippen MR) is 144 cm³/mol. The first-order valence-electron chi connectivity index (χ1n) is 11.1. The highest BCUT2D eigenvalue weighted by Crippen LogP contribution is 2.50. The quantitative estimate of drug-likeness (QED) is 0.264. The molecule has 33 heavy (non-hydrogen) atoms. The van der Waals surface area contributed by atoms with E-state index in [1.54, 1.807) is 23.7 Å². The third kappa shape index (κ3) is 5.23. The summed E-state index contributed by atoms with van der Waals surface area (Å²) in [6.45, 7) is 9.19. The highest BCUT2D eigenvalue weighted by atomic mass is 32.2. The molecule has 0 aromatic heterocycles. The fourth-order valence-electron chi connectivity index (χ4n) is 3.76. The molecule has 174 valence electrons. The molecule has 2 aromatic rings. The van der Waals surface area contributed by atoms with Gasteiger partial charge in [0.2, 0.25) is 5.91 Å². The van der Waals surface area contributed by atoms with Gasteiger partial charge in [0.05, 0.1) is 22.2 Å². The summed E-state index contributed by atoms with van der Waals surface area (Å²) in [5.41, 5.74) is 3.10. The van der Waals surface area contributed by atoms with Gasteiger partial charge in [-0.15, -0.1) is 0 Å². The van der Waals surface area contributed by atoms with E-state index < -0.39 is 0 Å². The molecule has 5 nitrogen and oxygen atoms in total. The maximum Gasteiger partial charge on any atom is 0.241 e. The minimum absolute atomic E-state index is 0.0441. The molecule has 2 aliphatic rings.